The third kappa shape index (κ3) is 4.63. The first-order valence-corrected chi connectivity index (χ1v) is 7.49. The molecule has 0 bridgehead atoms. The molecule has 4 nitrogen and oxygen atoms in total. The molecule has 0 aromatic heterocycles. The third-order valence-corrected chi connectivity index (χ3v) is 3.92. The van der Waals surface area contributed by atoms with Gasteiger partial charge in [0.15, 0.2) is 0 Å². The van der Waals surface area contributed by atoms with Gasteiger partial charge < -0.3 is 15.2 Å². The van der Waals surface area contributed by atoms with E-state index in [1.54, 1.807) is 19.2 Å². The molecule has 20 heavy (non-hydrogen) atoms. The maximum atomic E-state index is 9.94. The van der Waals surface area contributed by atoms with Gasteiger partial charge in [0, 0.05) is 43.4 Å². The average Bonchev–Trinajstić information content (AvgIpc) is 2.93. The van der Waals surface area contributed by atoms with Gasteiger partial charge in [0.2, 0.25) is 0 Å². The Hall–Kier alpha value is -0.810. The molecule has 1 aromatic carbocycles. The van der Waals surface area contributed by atoms with Crippen LogP contribution in [0, 0.1) is 0 Å². The lowest BCUT2D eigenvalue weighted by Gasteiger charge is -2.25. The van der Waals surface area contributed by atoms with Crippen LogP contribution < -0.4 is 5.32 Å². The van der Waals surface area contributed by atoms with Crippen LogP contribution in [0.3, 0.4) is 0 Å². The molecule has 1 aromatic rings. The molecule has 2 rings (SSSR count). The van der Waals surface area contributed by atoms with Gasteiger partial charge in [0.05, 0.1) is 6.61 Å². The SMILES string of the molecule is COCCN(Cc1cc(Cl)ccc1O)CC1CCCN1. The predicted molar refractivity (Wildman–Crippen MR) is 81.3 cm³/mol. The highest BCUT2D eigenvalue weighted by Crippen LogP contribution is 2.23. The highest BCUT2D eigenvalue weighted by Gasteiger charge is 2.18. The van der Waals surface area contributed by atoms with Gasteiger partial charge in [0.1, 0.15) is 5.75 Å². The van der Waals surface area contributed by atoms with Crippen molar-refractivity contribution in [3.63, 3.8) is 0 Å². The molecule has 0 aliphatic carbocycles. The lowest BCUT2D eigenvalue weighted by atomic mass is 10.1. The molecular formula is C15H23ClN2O2. The molecular weight excluding hydrogens is 276 g/mol. The summed E-state index contributed by atoms with van der Waals surface area (Å²) in [7, 11) is 1.71. The fraction of sp³-hybridized carbons (Fsp3) is 0.600. The van der Waals surface area contributed by atoms with Crippen molar-refractivity contribution >= 4 is 11.6 Å². The Kier molecular flexibility index (Phi) is 6.10. The van der Waals surface area contributed by atoms with Crippen molar-refractivity contribution in [1.29, 1.82) is 0 Å². The molecule has 112 valence electrons. The van der Waals surface area contributed by atoms with E-state index in [4.69, 9.17) is 16.3 Å². The minimum absolute atomic E-state index is 0.302. The van der Waals surface area contributed by atoms with E-state index in [0.29, 0.717) is 30.0 Å². The number of aromatic hydroxyl groups is 1. The molecule has 1 aliphatic heterocycles. The minimum Gasteiger partial charge on any atom is -0.508 e. The van der Waals surface area contributed by atoms with E-state index in [9.17, 15) is 5.11 Å². The zero-order chi connectivity index (χ0) is 14.4. The highest BCUT2D eigenvalue weighted by atomic mass is 35.5. The quantitative estimate of drug-likeness (QED) is 0.810. The molecule has 0 radical (unpaired) electrons. The van der Waals surface area contributed by atoms with Gasteiger partial charge in [-0.1, -0.05) is 11.6 Å². The Morgan fingerprint density at radius 3 is 3.05 bits per heavy atom. The number of nitrogens with one attached hydrogen (secondary N) is 1. The van der Waals surface area contributed by atoms with Crippen molar-refractivity contribution in [1.82, 2.24) is 10.2 Å². The maximum Gasteiger partial charge on any atom is 0.120 e. The zero-order valence-corrected chi connectivity index (χ0v) is 12.7. The first-order valence-electron chi connectivity index (χ1n) is 7.11. The number of phenolic OH excluding ortho intramolecular Hbond substituents is 1. The number of hydrogen-bond donors (Lipinski definition) is 2. The van der Waals surface area contributed by atoms with Crippen LogP contribution in [-0.2, 0) is 11.3 Å². The van der Waals surface area contributed by atoms with E-state index in [0.717, 1.165) is 25.2 Å². The number of rotatable bonds is 7. The van der Waals surface area contributed by atoms with E-state index in [2.05, 4.69) is 10.2 Å². The summed E-state index contributed by atoms with van der Waals surface area (Å²) in [4.78, 5) is 2.30. The molecule has 1 unspecified atom stereocenters. The van der Waals surface area contributed by atoms with Gasteiger partial charge in [-0.25, -0.2) is 0 Å². The Balaban J connectivity index is 1.99. The summed E-state index contributed by atoms with van der Waals surface area (Å²) in [6.07, 6.45) is 2.45. The second-order valence-corrected chi connectivity index (χ2v) is 5.73. The summed E-state index contributed by atoms with van der Waals surface area (Å²) in [5, 5.41) is 14.1. The maximum absolute atomic E-state index is 9.94. The number of nitrogens with zero attached hydrogens (tertiary/aromatic N) is 1. The van der Waals surface area contributed by atoms with Crippen LogP contribution >= 0.6 is 11.6 Å². The van der Waals surface area contributed by atoms with E-state index in [-0.39, 0.29) is 0 Å². The van der Waals surface area contributed by atoms with Gasteiger partial charge >= 0.3 is 0 Å². The molecule has 1 saturated heterocycles. The molecule has 0 amide bonds. The number of halogens is 1. The van der Waals surface area contributed by atoms with Crippen LogP contribution in [0.4, 0.5) is 0 Å². The van der Waals surface area contributed by atoms with E-state index in [1.807, 2.05) is 6.07 Å². The Bertz CT molecular complexity index is 422. The highest BCUT2D eigenvalue weighted by molar-refractivity contribution is 6.30. The second-order valence-electron chi connectivity index (χ2n) is 5.29. The fourth-order valence-electron chi connectivity index (χ4n) is 2.60. The van der Waals surface area contributed by atoms with Crippen LogP contribution in [0.2, 0.25) is 5.02 Å². The van der Waals surface area contributed by atoms with E-state index in [1.165, 1.54) is 12.8 Å². The van der Waals surface area contributed by atoms with Crippen molar-refractivity contribution in [2.45, 2.75) is 25.4 Å². The molecule has 1 fully saturated rings. The van der Waals surface area contributed by atoms with Crippen LogP contribution in [0.25, 0.3) is 0 Å². The van der Waals surface area contributed by atoms with Crippen LogP contribution in [0.15, 0.2) is 18.2 Å². The van der Waals surface area contributed by atoms with Gasteiger partial charge in [-0.15, -0.1) is 0 Å². The van der Waals surface area contributed by atoms with Crippen molar-refractivity contribution < 1.29 is 9.84 Å². The summed E-state index contributed by atoms with van der Waals surface area (Å²) in [6.45, 7) is 4.29. The monoisotopic (exact) mass is 298 g/mol. The summed E-state index contributed by atoms with van der Waals surface area (Å²) in [5.41, 5.74) is 0.867. The van der Waals surface area contributed by atoms with E-state index >= 15 is 0 Å². The van der Waals surface area contributed by atoms with Crippen LogP contribution in [-0.4, -0.2) is 49.4 Å². The van der Waals surface area contributed by atoms with Gasteiger partial charge in [0.25, 0.3) is 0 Å². The molecule has 1 heterocycles. The first-order chi connectivity index (χ1) is 9.69. The van der Waals surface area contributed by atoms with Crippen molar-refractivity contribution in [2.75, 3.05) is 33.4 Å². The topological polar surface area (TPSA) is 44.7 Å². The zero-order valence-electron chi connectivity index (χ0n) is 11.9. The largest absolute Gasteiger partial charge is 0.508 e. The number of benzene rings is 1. The number of phenols is 1. The second kappa shape index (κ2) is 7.84. The normalized spacial score (nSPS) is 18.9. The minimum atomic E-state index is 0.302. The average molecular weight is 299 g/mol. The molecule has 1 atom stereocenters. The van der Waals surface area contributed by atoms with Crippen molar-refractivity contribution in [3.8, 4) is 5.75 Å². The molecule has 1 aliphatic rings. The lowest BCUT2D eigenvalue weighted by molar-refractivity contribution is 0.137. The smallest absolute Gasteiger partial charge is 0.120 e. The van der Waals surface area contributed by atoms with Crippen molar-refractivity contribution in [3.05, 3.63) is 28.8 Å². The molecule has 5 heteroatoms. The standard InChI is InChI=1S/C15H23ClN2O2/c1-20-8-7-18(11-14-3-2-6-17-14)10-12-9-13(16)4-5-15(12)19/h4-5,9,14,17,19H,2-3,6-8,10-11H2,1H3. The number of methoxy groups -OCH3 is 1. The van der Waals surface area contributed by atoms with Crippen LogP contribution in [0.1, 0.15) is 18.4 Å². The summed E-state index contributed by atoms with van der Waals surface area (Å²) >= 11 is 6.01. The van der Waals surface area contributed by atoms with E-state index < -0.39 is 0 Å². The Morgan fingerprint density at radius 2 is 2.35 bits per heavy atom. The molecule has 2 N–H and O–H groups in total. The summed E-state index contributed by atoms with van der Waals surface area (Å²) in [6, 6.07) is 5.73. The predicted octanol–water partition coefficient (Wildman–Crippen LogP) is 2.25. The summed E-state index contributed by atoms with van der Waals surface area (Å²) in [5.74, 6) is 0.302. The first kappa shape index (κ1) is 15.6. The Morgan fingerprint density at radius 1 is 1.50 bits per heavy atom. The number of hydrogen-bond acceptors (Lipinski definition) is 4. The fourth-order valence-corrected chi connectivity index (χ4v) is 2.80. The Labute approximate surface area is 125 Å². The molecule has 0 saturated carbocycles. The third-order valence-electron chi connectivity index (χ3n) is 3.69. The summed E-state index contributed by atoms with van der Waals surface area (Å²) < 4.78 is 5.18. The lowest BCUT2D eigenvalue weighted by Crippen LogP contribution is -2.38. The number of ether oxygens (including phenoxy) is 1. The van der Waals surface area contributed by atoms with Crippen LogP contribution in [0.5, 0.6) is 5.75 Å². The van der Waals surface area contributed by atoms with Crippen molar-refractivity contribution in [2.24, 2.45) is 0 Å². The van der Waals surface area contributed by atoms with Gasteiger partial charge in [-0.3, -0.25) is 4.90 Å². The molecule has 0 spiro atoms. The van der Waals surface area contributed by atoms with Gasteiger partial charge in [-0.05, 0) is 37.6 Å². The van der Waals surface area contributed by atoms with Gasteiger partial charge in [-0.2, -0.15) is 0 Å².